The first kappa shape index (κ1) is 29.8. The first-order chi connectivity index (χ1) is 9.77. The second-order valence-electron chi connectivity index (χ2n) is 5.35. The van der Waals surface area contributed by atoms with E-state index in [1.54, 1.807) is 0 Å². The van der Waals surface area contributed by atoms with Crippen molar-refractivity contribution in [2.45, 2.75) is 84.0 Å². The van der Waals surface area contributed by atoms with Gasteiger partial charge in [0.05, 0.1) is 0 Å². The standard InChI is InChI=1S/C18H32O2.2H3N.H2O/c1-2-3-4-5-6-7-8-9-10-11-12-13-14-15-16-17-18(19)20;;;/h6-7,9-10H,2-5,8,11-17H2,1H3,(H,19,20);2*1H3;1H2/b7-6-,10-9-;;;. The number of carboxylic acid groups (broad SMARTS) is 1. The third kappa shape index (κ3) is 29.5. The largest absolute Gasteiger partial charge is 0.870 e. The second-order valence-corrected chi connectivity index (χ2v) is 5.35. The quantitative estimate of drug-likeness (QED) is 0.336. The van der Waals surface area contributed by atoms with E-state index in [4.69, 9.17) is 0 Å². The molecule has 5 nitrogen and oxygen atoms in total. The summed E-state index contributed by atoms with van der Waals surface area (Å²) in [5.41, 5.74) is 0. The van der Waals surface area contributed by atoms with Gasteiger partial charge < -0.3 is 27.7 Å². The Kier molecular flexibility index (Phi) is 33.4. The number of unbranched alkanes of at least 4 members (excludes halogenated alkanes) is 8. The minimum atomic E-state index is -0.921. The van der Waals surface area contributed by atoms with E-state index in [-0.39, 0.29) is 24.2 Å². The Morgan fingerprint density at radius 2 is 1.26 bits per heavy atom. The van der Waals surface area contributed by atoms with Crippen LogP contribution in [0.5, 0.6) is 0 Å². The Labute approximate surface area is 142 Å². The molecule has 0 unspecified atom stereocenters. The summed E-state index contributed by atoms with van der Waals surface area (Å²) >= 11 is 0. The molecule has 0 fully saturated rings. The second kappa shape index (κ2) is 25.8. The fraction of sp³-hybridized carbons (Fsp3) is 0.722. The molecule has 0 radical (unpaired) electrons. The molecular formula is C18H40N2O3. The number of carboxylic acids is 1. The molecule has 0 aromatic rings. The van der Waals surface area contributed by atoms with E-state index < -0.39 is 5.97 Å². The predicted octanol–water partition coefficient (Wildman–Crippen LogP) is 5.13. The lowest BCUT2D eigenvalue weighted by atomic mass is 10.1. The summed E-state index contributed by atoms with van der Waals surface area (Å²) in [6.45, 7) is 2.23. The van der Waals surface area contributed by atoms with Gasteiger partial charge in [0.1, 0.15) is 0 Å². The molecular weight excluding hydrogens is 292 g/mol. The van der Waals surface area contributed by atoms with Gasteiger partial charge in [-0.2, -0.15) is 0 Å². The summed E-state index contributed by atoms with van der Waals surface area (Å²) in [5.74, 6) is -0.921. The molecule has 0 aromatic carbocycles. The first-order valence-corrected chi connectivity index (χ1v) is 8.27. The van der Waals surface area contributed by atoms with E-state index in [1.807, 2.05) is 0 Å². The van der Waals surface area contributed by atoms with Crippen molar-refractivity contribution in [2.75, 3.05) is 0 Å². The summed E-state index contributed by atoms with van der Waals surface area (Å²) in [6, 6.07) is 0. The maximum atomic E-state index is 10.2. The fourth-order valence-corrected chi connectivity index (χ4v) is 2.08. The van der Waals surface area contributed by atoms with Gasteiger partial charge in [-0.3, -0.25) is 0 Å². The fourth-order valence-electron chi connectivity index (χ4n) is 2.08. The van der Waals surface area contributed by atoms with Crippen LogP contribution in [-0.2, 0) is 4.79 Å². The number of hydrogen-bond donors (Lipinski definition) is 2. The number of carbonyl (C=O) groups is 1. The van der Waals surface area contributed by atoms with Gasteiger partial charge in [-0.25, -0.2) is 0 Å². The SMILES string of the molecule is CCCCC/C=C\C/C=C\CCCCCCCC(=O)[O-].[NH4+].[NH4+].[OH-]. The van der Waals surface area contributed by atoms with Gasteiger partial charge in [-0.05, 0) is 44.9 Å². The maximum absolute atomic E-state index is 10.2. The van der Waals surface area contributed by atoms with E-state index in [2.05, 4.69) is 31.2 Å². The van der Waals surface area contributed by atoms with Crippen LogP contribution in [0.25, 0.3) is 0 Å². The van der Waals surface area contributed by atoms with E-state index >= 15 is 0 Å². The summed E-state index contributed by atoms with van der Waals surface area (Å²) in [5, 5.41) is 10.2. The van der Waals surface area contributed by atoms with Gasteiger partial charge in [0.2, 0.25) is 0 Å². The lowest BCUT2D eigenvalue weighted by molar-refractivity contribution is -0.305. The molecule has 0 amide bonds. The van der Waals surface area contributed by atoms with Gasteiger partial charge in [-0.15, -0.1) is 0 Å². The van der Waals surface area contributed by atoms with E-state index in [0.717, 1.165) is 32.1 Å². The Morgan fingerprint density at radius 3 is 1.78 bits per heavy atom. The van der Waals surface area contributed by atoms with Crippen LogP contribution in [0.4, 0.5) is 0 Å². The number of aliphatic carboxylic acids is 1. The first-order valence-electron chi connectivity index (χ1n) is 8.27. The summed E-state index contributed by atoms with van der Waals surface area (Å²) in [6.07, 6.45) is 21.9. The van der Waals surface area contributed by atoms with E-state index in [0.29, 0.717) is 0 Å². The number of quaternary nitrogens is 2. The monoisotopic (exact) mass is 332 g/mol. The van der Waals surface area contributed by atoms with Crippen molar-refractivity contribution < 1.29 is 15.4 Å². The summed E-state index contributed by atoms with van der Waals surface area (Å²) < 4.78 is 0. The molecule has 0 heterocycles. The van der Waals surface area contributed by atoms with Crippen LogP contribution in [-0.4, -0.2) is 11.4 Å². The minimum absolute atomic E-state index is 0. The minimum Gasteiger partial charge on any atom is -0.870 e. The molecule has 0 aliphatic carbocycles. The van der Waals surface area contributed by atoms with Crippen LogP contribution < -0.4 is 17.4 Å². The van der Waals surface area contributed by atoms with Crippen LogP contribution in [0.3, 0.4) is 0 Å². The topological polar surface area (TPSA) is 143 Å². The Balaban J connectivity index is -0.000000602. The molecule has 0 aromatic heterocycles. The molecule has 23 heavy (non-hydrogen) atoms. The molecule has 0 rings (SSSR count). The zero-order valence-electron chi connectivity index (χ0n) is 15.6. The molecule has 0 bridgehead atoms. The molecule has 0 saturated carbocycles. The highest BCUT2D eigenvalue weighted by Crippen LogP contribution is 2.07. The predicted molar refractivity (Wildman–Crippen MR) is 98.3 cm³/mol. The van der Waals surface area contributed by atoms with E-state index in [1.165, 1.54) is 38.5 Å². The van der Waals surface area contributed by atoms with Gasteiger partial charge in [-0.1, -0.05) is 63.3 Å². The van der Waals surface area contributed by atoms with Crippen LogP contribution in [0.2, 0.25) is 0 Å². The molecule has 0 aliphatic heterocycles. The van der Waals surface area contributed by atoms with Gasteiger partial charge >= 0.3 is 0 Å². The highest BCUT2D eigenvalue weighted by Gasteiger charge is 1.90. The van der Waals surface area contributed by atoms with Crippen molar-refractivity contribution in [3.8, 4) is 0 Å². The van der Waals surface area contributed by atoms with Crippen LogP contribution in [0.15, 0.2) is 24.3 Å². The molecule has 0 saturated heterocycles. The number of hydrogen-bond acceptors (Lipinski definition) is 3. The van der Waals surface area contributed by atoms with Crippen molar-refractivity contribution >= 4 is 5.97 Å². The van der Waals surface area contributed by atoms with Crippen LogP contribution in [0.1, 0.15) is 84.0 Å². The van der Waals surface area contributed by atoms with Gasteiger partial charge in [0, 0.05) is 5.97 Å². The van der Waals surface area contributed by atoms with Crippen LogP contribution in [0, 0.1) is 0 Å². The van der Waals surface area contributed by atoms with Crippen molar-refractivity contribution in [3.05, 3.63) is 24.3 Å². The third-order valence-electron chi connectivity index (χ3n) is 3.33. The summed E-state index contributed by atoms with van der Waals surface area (Å²) in [7, 11) is 0. The van der Waals surface area contributed by atoms with E-state index in [9.17, 15) is 9.90 Å². The smallest absolute Gasteiger partial charge is 0.0414 e. The van der Waals surface area contributed by atoms with Crippen molar-refractivity contribution in [1.82, 2.24) is 12.3 Å². The maximum Gasteiger partial charge on any atom is 0.0414 e. The average molecular weight is 333 g/mol. The van der Waals surface area contributed by atoms with Gasteiger partial charge in [0.25, 0.3) is 0 Å². The molecule has 140 valence electrons. The zero-order chi connectivity index (χ0) is 14.9. The average Bonchev–Trinajstić information content (AvgIpc) is 2.43. The molecule has 0 aliphatic rings. The van der Waals surface area contributed by atoms with Crippen molar-refractivity contribution in [3.63, 3.8) is 0 Å². The number of rotatable bonds is 14. The highest BCUT2D eigenvalue weighted by atomic mass is 16.4. The third-order valence-corrected chi connectivity index (χ3v) is 3.33. The molecule has 9 N–H and O–H groups in total. The zero-order valence-corrected chi connectivity index (χ0v) is 15.6. The molecule has 0 atom stereocenters. The molecule has 0 spiro atoms. The molecule has 5 heteroatoms. The van der Waals surface area contributed by atoms with Crippen LogP contribution >= 0.6 is 0 Å². The Hall–Kier alpha value is -1.17. The van der Waals surface area contributed by atoms with Crippen molar-refractivity contribution in [2.24, 2.45) is 0 Å². The lowest BCUT2D eigenvalue weighted by Gasteiger charge is -2.01. The normalized spacial score (nSPS) is 10.1. The Morgan fingerprint density at radius 1 is 0.783 bits per heavy atom. The van der Waals surface area contributed by atoms with Crippen molar-refractivity contribution in [1.29, 1.82) is 0 Å². The number of allylic oxidation sites excluding steroid dienone is 4. The Bertz CT molecular complexity index is 279. The number of carbonyl (C=O) groups excluding carboxylic acids is 1. The van der Waals surface area contributed by atoms with Gasteiger partial charge in [0.15, 0.2) is 0 Å². The highest BCUT2D eigenvalue weighted by molar-refractivity contribution is 5.63. The summed E-state index contributed by atoms with van der Waals surface area (Å²) in [4.78, 5) is 10.2. The lowest BCUT2D eigenvalue weighted by Crippen LogP contribution is -2.21.